The van der Waals surface area contributed by atoms with E-state index in [9.17, 15) is 5.11 Å². The summed E-state index contributed by atoms with van der Waals surface area (Å²) in [4.78, 5) is 7.92. The van der Waals surface area contributed by atoms with E-state index in [1.54, 1.807) is 55.0 Å². The lowest BCUT2D eigenvalue weighted by atomic mass is 9.88. The van der Waals surface area contributed by atoms with E-state index >= 15 is 0 Å². The number of imidazole rings is 1. The molecule has 0 saturated heterocycles. The van der Waals surface area contributed by atoms with Crippen molar-refractivity contribution in [1.82, 2.24) is 24.3 Å². The first-order chi connectivity index (χ1) is 18.6. The van der Waals surface area contributed by atoms with Crippen LogP contribution in [0.5, 0.6) is 5.75 Å². The first-order valence-corrected chi connectivity index (χ1v) is 13.3. The van der Waals surface area contributed by atoms with Crippen LogP contribution in [0.4, 0.5) is 0 Å². The van der Waals surface area contributed by atoms with Crippen LogP contribution in [0.3, 0.4) is 0 Å². The van der Waals surface area contributed by atoms with E-state index in [-0.39, 0.29) is 11.5 Å². The van der Waals surface area contributed by atoms with Crippen molar-refractivity contribution in [3.63, 3.8) is 0 Å². The summed E-state index contributed by atoms with van der Waals surface area (Å²) in [5, 5.41) is 16.4. The van der Waals surface area contributed by atoms with Crippen molar-refractivity contribution in [3.05, 3.63) is 107 Å². The Morgan fingerprint density at radius 2 is 1.74 bits per heavy atom. The Morgan fingerprint density at radius 1 is 1.03 bits per heavy atom. The lowest BCUT2D eigenvalue weighted by molar-refractivity contribution is -0.0731. The maximum atomic E-state index is 10.5. The van der Waals surface area contributed by atoms with Gasteiger partial charge in [-0.25, -0.2) is 14.6 Å². The van der Waals surface area contributed by atoms with Crippen LogP contribution in [0.2, 0.25) is 15.1 Å². The molecule has 0 saturated carbocycles. The minimum absolute atomic E-state index is 0.169. The number of benzene rings is 2. The van der Waals surface area contributed by atoms with Gasteiger partial charge in [-0.2, -0.15) is 5.10 Å². The molecule has 39 heavy (non-hydrogen) atoms. The maximum absolute atomic E-state index is 10.5. The van der Waals surface area contributed by atoms with Gasteiger partial charge in [-0.05, 0) is 41.8 Å². The molecule has 2 aromatic carbocycles. The van der Waals surface area contributed by atoms with Crippen molar-refractivity contribution >= 4 is 34.8 Å². The first kappa shape index (κ1) is 30.7. The molecule has 1 N–H and O–H groups in total. The fraction of sp³-hybridized carbons (Fsp3) is 0.321. The number of aromatic nitrogens is 5. The lowest BCUT2D eigenvalue weighted by Gasteiger charge is -2.32. The molecule has 2 aromatic heterocycles. The molecule has 0 radical (unpaired) electrons. The predicted molar refractivity (Wildman–Crippen MR) is 154 cm³/mol. The standard InChI is InChI=1S/C14H14Cl2N2O.C14H18ClN3O2/c1-2-7-19-14(9-18-6-5-17-10-18)12-4-3-11(15)8-13(12)16;1-14(2,3)12(19)13(18-9-16-8-17-18)20-11-6-4-10(15)5-7-11/h2-6,8,10,14H,1,7,9H2;4-9,12-13,19H,1-3H3. The summed E-state index contributed by atoms with van der Waals surface area (Å²) >= 11 is 18.0. The van der Waals surface area contributed by atoms with Crippen LogP contribution in [0.15, 0.2) is 86.5 Å². The molecule has 11 heteroatoms. The topological polar surface area (TPSA) is 87.2 Å². The van der Waals surface area contributed by atoms with E-state index in [0.29, 0.717) is 34.0 Å². The van der Waals surface area contributed by atoms with Gasteiger partial charge in [0.2, 0.25) is 6.23 Å². The van der Waals surface area contributed by atoms with Crippen LogP contribution in [0.1, 0.15) is 38.7 Å². The lowest BCUT2D eigenvalue weighted by Crippen LogP contribution is -2.38. The van der Waals surface area contributed by atoms with Crippen LogP contribution < -0.4 is 4.74 Å². The summed E-state index contributed by atoms with van der Waals surface area (Å²) in [6.45, 7) is 10.6. The van der Waals surface area contributed by atoms with E-state index in [4.69, 9.17) is 44.3 Å². The van der Waals surface area contributed by atoms with Gasteiger partial charge < -0.3 is 19.1 Å². The second kappa shape index (κ2) is 14.5. The summed E-state index contributed by atoms with van der Waals surface area (Å²) in [7, 11) is 0. The summed E-state index contributed by atoms with van der Waals surface area (Å²) in [5.41, 5.74) is 0.546. The van der Waals surface area contributed by atoms with Crippen molar-refractivity contribution in [2.45, 2.75) is 45.8 Å². The Balaban J connectivity index is 0.000000216. The Kier molecular flexibility index (Phi) is 11.4. The molecule has 0 amide bonds. The zero-order valence-electron chi connectivity index (χ0n) is 22.0. The largest absolute Gasteiger partial charge is 0.466 e. The average molecular weight is 593 g/mol. The maximum Gasteiger partial charge on any atom is 0.219 e. The number of hydrogen-bond donors (Lipinski definition) is 1. The highest BCUT2D eigenvalue weighted by Crippen LogP contribution is 2.31. The van der Waals surface area contributed by atoms with Crippen molar-refractivity contribution in [2.24, 2.45) is 5.41 Å². The zero-order chi connectivity index (χ0) is 28.4. The van der Waals surface area contributed by atoms with Crippen LogP contribution >= 0.6 is 34.8 Å². The zero-order valence-corrected chi connectivity index (χ0v) is 24.3. The third-order valence-electron chi connectivity index (χ3n) is 5.59. The molecule has 0 aliphatic rings. The number of ether oxygens (including phenoxy) is 2. The molecule has 0 aliphatic heterocycles. The number of aliphatic hydroxyl groups excluding tert-OH is 1. The molecule has 3 unspecified atom stereocenters. The van der Waals surface area contributed by atoms with E-state index in [1.807, 2.05) is 37.6 Å². The van der Waals surface area contributed by atoms with Crippen molar-refractivity contribution in [2.75, 3.05) is 6.61 Å². The number of hydrogen-bond acceptors (Lipinski definition) is 6. The van der Waals surface area contributed by atoms with Gasteiger partial charge in [0.15, 0.2) is 0 Å². The summed E-state index contributed by atoms with van der Waals surface area (Å²) in [6.07, 6.45) is 8.43. The van der Waals surface area contributed by atoms with E-state index in [1.165, 1.54) is 17.3 Å². The highest BCUT2D eigenvalue weighted by atomic mass is 35.5. The molecule has 2 heterocycles. The molecule has 8 nitrogen and oxygen atoms in total. The third kappa shape index (κ3) is 9.37. The molecule has 0 spiro atoms. The quantitative estimate of drug-likeness (QED) is 0.199. The van der Waals surface area contributed by atoms with Gasteiger partial charge in [0.25, 0.3) is 0 Å². The second-order valence-electron chi connectivity index (χ2n) is 9.68. The van der Waals surface area contributed by atoms with E-state index in [0.717, 1.165) is 5.56 Å². The van der Waals surface area contributed by atoms with Gasteiger partial charge >= 0.3 is 0 Å². The summed E-state index contributed by atoms with van der Waals surface area (Å²) in [5.74, 6) is 0.609. The van der Waals surface area contributed by atoms with Crippen LogP contribution in [-0.2, 0) is 11.3 Å². The molecule has 4 rings (SSSR count). The molecule has 208 valence electrons. The minimum atomic E-state index is -0.750. The number of rotatable bonds is 10. The minimum Gasteiger partial charge on any atom is -0.466 e. The van der Waals surface area contributed by atoms with Gasteiger partial charge in [-0.15, -0.1) is 6.58 Å². The smallest absolute Gasteiger partial charge is 0.219 e. The summed E-state index contributed by atoms with van der Waals surface area (Å²) < 4.78 is 15.1. The molecule has 0 bridgehead atoms. The molecule has 0 aliphatic carbocycles. The SMILES string of the molecule is C=CCOC(Cn1ccnc1)c1ccc(Cl)cc1Cl.CC(C)(C)C(O)C(Oc1ccc(Cl)cc1)n1cncn1. The van der Waals surface area contributed by atoms with Gasteiger partial charge in [0.05, 0.1) is 19.5 Å². The van der Waals surface area contributed by atoms with E-state index < -0.39 is 12.3 Å². The molecule has 4 aromatic rings. The third-order valence-corrected chi connectivity index (χ3v) is 6.40. The molecular weight excluding hydrogens is 561 g/mol. The Bertz CT molecular complexity index is 1280. The Hall–Kier alpha value is -2.88. The monoisotopic (exact) mass is 591 g/mol. The van der Waals surface area contributed by atoms with Crippen molar-refractivity contribution in [3.8, 4) is 5.75 Å². The normalized spacial score (nSPS) is 13.6. The second-order valence-corrected chi connectivity index (χ2v) is 11.0. The number of nitrogens with zero attached hydrogens (tertiary/aromatic N) is 5. The van der Waals surface area contributed by atoms with Gasteiger partial charge in [-0.3, -0.25) is 0 Å². The van der Waals surface area contributed by atoms with E-state index in [2.05, 4.69) is 21.6 Å². The fourth-order valence-corrected chi connectivity index (χ4v) is 4.12. The Morgan fingerprint density at radius 3 is 2.31 bits per heavy atom. The van der Waals surface area contributed by atoms with Crippen LogP contribution in [0, 0.1) is 5.41 Å². The first-order valence-electron chi connectivity index (χ1n) is 12.2. The predicted octanol–water partition coefficient (Wildman–Crippen LogP) is 7.05. The van der Waals surface area contributed by atoms with Gasteiger partial charge in [0.1, 0.15) is 30.6 Å². The Labute approximate surface area is 243 Å². The number of halogens is 3. The van der Waals surface area contributed by atoms with Gasteiger partial charge in [0, 0.05) is 33.0 Å². The molecular formula is C28H32Cl3N5O3. The van der Waals surface area contributed by atoms with Gasteiger partial charge in [-0.1, -0.05) is 67.7 Å². The molecule has 0 fully saturated rings. The average Bonchev–Trinajstić information content (AvgIpc) is 3.61. The van der Waals surface area contributed by atoms with Crippen molar-refractivity contribution < 1.29 is 14.6 Å². The molecule has 3 atom stereocenters. The van der Waals surface area contributed by atoms with Crippen molar-refractivity contribution in [1.29, 1.82) is 0 Å². The summed E-state index contributed by atoms with van der Waals surface area (Å²) in [6, 6.07) is 12.4. The van der Waals surface area contributed by atoms with Crippen LogP contribution in [0.25, 0.3) is 0 Å². The highest BCUT2D eigenvalue weighted by Gasteiger charge is 2.34. The highest BCUT2D eigenvalue weighted by molar-refractivity contribution is 6.35. The fourth-order valence-electron chi connectivity index (χ4n) is 3.47. The number of aliphatic hydroxyl groups is 1. The van der Waals surface area contributed by atoms with Crippen LogP contribution in [-0.4, -0.2) is 42.1 Å².